The molecule has 0 aromatic heterocycles. The van der Waals surface area contributed by atoms with Gasteiger partial charge in [0, 0.05) is 24.6 Å². The Hall–Kier alpha value is -0.905. The predicted octanol–water partition coefficient (Wildman–Crippen LogP) is 2.15. The van der Waals surface area contributed by atoms with Crippen molar-refractivity contribution in [1.29, 1.82) is 0 Å². The van der Waals surface area contributed by atoms with Crippen molar-refractivity contribution in [3.05, 3.63) is 29.6 Å². The Morgan fingerprint density at radius 3 is 2.29 bits per heavy atom. The first-order valence-electron chi connectivity index (χ1n) is 7.77. The van der Waals surface area contributed by atoms with E-state index in [1.54, 1.807) is 12.1 Å². The van der Waals surface area contributed by atoms with Crippen LogP contribution >= 0.6 is 0 Å². The summed E-state index contributed by atoms with van der Waals surface area (Å²) in [6, 6.07) is 5.07. The third-order valence-corrected chi connectivity index (χ3v) is 3.78. The number of halogens is 1. The topological polar surface area (TPSA) is 43.7 Å². The van der Waals surface area contributed by atoms with Crippen molar-refractivity contribution in [2.45, 2.75) is 53.1 Å². The van der Waals surface area contributed by atoms with Crippen LogP contribution in [0.1, 0.15) is 46.1 Å². The minimum absolute atomic E-state index is 0.0541. The number of nitrogens with zero attached hydrogens (tertiary/aromatic N) is 1. The smallest absolute Gasteiger partial charge is 0.423 e. The number of hydrogen-bond donors (Lipinski definition) is 2. The fourth-order valence-corrected chi connectivity index (χ4v) is 2.74. The van der Waals surface area contributed by atoms with Crippen LogP contribution in [0.5, 0.6) is 0 Å². The van der Waals surface area contributed by atoms with E-state index in [0.29, 0.717) is 18.5 Å². The second-order valence-electron chi connectivity index (χ2n) is 6.02. The van der Waals surface area contributed by atoms with Crippen molar-refractivity contribution in [2.24, 2.45) is 5.92 Å². The molecule has 1 aromatic carbocycles. The van der Waals surface area contributed by atoms with E-state index in [-0.39, 0.29) is 5.46 Å². The average Bonchev–Trinajstić information content (AvgIpc) is 2.41. The fourth-order valence-electron chi connectivity index (χ4n) is 2.74. The summed E-state index contributed by atoms with van der Waals surface area (Å²) >= 11 is 0. The van der Waals surface area contributed by atoms with Crippen molar-refractivity contribution >= 4 is 12.6 Å². The van der Waals surface area contributed by atoms with Gasteiger partial charge in [-0.1, -0.05) is 39.8 Å². The van der Waals surface area contributed by atoms with Crippen LogP contribution in [0.15, 0.2) is 18.2 Å². The quantitative estimate of drug-likeness (QED) is 0.722. The number of hydrogen-bond acceptors (Lipinski definition) is 3. The molecule has 0 aliphatic rings. The molecule has 0 aliphatic heterocycles. The molecule has 0 atom stereocenters. The van der Waals surface area contributed by atoms with Gasteiger partial charge < -0.3 is 10.0 Å². The second-order valence-corrected chi connectivity index (χ2v) is 6.02. The van der Waals surface area contributed by atoms with Crippen molar-refractivity contribution < 1.29 is 14.4 Å². The van der Waals surface area contributed by atoms with Gasteiger partial charge >= 0.3 is 7.12 Å². The van der Waals surface area contributed by atoms with Gasteiger partial charge in [-0.05, 0) is 30.4 Å². The third-order valence-electron chi connectivity index (χ3n) is 3.78. The maximum Gasteiger partial charge on any atom is 0.491 e. The van der Waals surface area contributed by atoms with Gasteiger partial charge in [0.15, 0.2) is 0 Å². The lowest BCUT2D eigenvalue weighted by Crippen LogP contribution is -2.38. The van der Waals surface area contributed by atoms with Crippen molar-refractivity contribution in [3.8, 4) is 0 Å². The molecular weight excluding hydrogens is 268 g/mol. The van der Waals surface area contributed by atoms with E-state index in [4.69, 9.17) is 0 Å². The lowest BCUT2D eigenvalue weighted by atomic mass is 9.79. The predicted molar refractivity (Wildman–Crippen MR) is 85.8 cm³/mol. The Bertz CT molecular complexity index is 436. The molecule has 0 spiro atoms. The Balaban J connectivity index is 2.94. The highest BCUT2D eigenvalue weighted by molar-refractivity contribution is 6.58. The Labute approximate surface area is 127 Å². The van der Waals surface area contributed by atoms with Gasteiger partial charge in [0.25, 0.3) is 0 Å². The zero-order valence-electron chi connectivity index (χ0n) is 13.5. The molecule has 0 saturated carbocycles. The lowest BCUT2D eigenvalue weighted by Gasteiger charge is -2.32. The molecule has 0 fully saturated rings. The first kappa shape index (κ1) is 18.1. The highest BCUT2D eigenvalue weighted by atomic mass is 19.1. The van der Waals surface area contributed by atoms with Crippen LogP contribution in [0.2, 0.25) is 0 Å². The van der Waals surface area contributed by atoms with Crippen LogP contribution in [0.3, 0.4) is 0 Å². The lowest BCUT2D eigenvalue weighted by molar-refractivity contribution is 0.157. The second kappa shape index (κ2) is 8.52. The Morgan fingerprint density at radius 2 is 1.81 bits per heavy atom. The van der Waals surface area contributed by atoms with Crippen LogP contribution in [0, 0.1) is 11.7 Å². The molecule has 0 amide bonds. The average molecular weight is 295 g/mol. The van der Waals surface area contributed by atoms with E-state index in [2.05, 4.69) is 32.6 Å². The maximum absolute atomic E-state index is 13.5. The molecule has 2 N–H and O–H groups in total. The van der Waals surface area contributed by atoms with E-state index in [9.17, 15) is 14.4 Å². The van der Waals surface area contributed by atoms with Crippen molar-refractivity contribution in [2.75, 3.05) is 6.54 Å². The van der Waals surface area contributed by atoms with E-state index in [0.717, 1.165) is 24.9 Å². The van der Waals surface area contributed by atoms with E-state index >= 15 is 0 Å². The molecule has 0 saturated heterocycles. The molecule has 1 rings (SSSR count). The van der Waals surface area contributed by atoms with Crippen LogP contribution in [-0.2, 0) is 6.54 Å². The van der Waals surface area contributed by atoms with E-state index in [1.807, 2.05) is 0 Å². The van der Waals surface area contributed by atoms with E-state index in [1.165, 1.54) is 6.07 Å². The summed E-state index contributed by atoms with van der Waals surface area (Å²) in [6.45, 7) is 10.4. The molecule has 5 heteroatoms. The Morgan fingerprint density at radius 1 is 1.19 bits per heavy atom. The summed E-state index contributed by atoms with van der Waals surface area (Å²) < 4.78 is 13.5. The largest absolute Gasteiger partial charge is 0.491 e. The van der Waals surface area contributed by atoms with Crippen molar-refractivity contribution in [1.82, 2.24) is 4.90 Å². The summed E-state index contributed by atoms with van der Waals surface area (Å²) in [4.78, 5) is 2.39. The molecule has 1 aromatic rings. The van der Waals surface area contributed by atoms with Gasteiger partial charge in [0.1, 0.15) is 5.82 Å². The molecule has 0 heterocycles. The standard InChI is InChI=1S/C16H27BFNO2/c1-5-14(6-2)19(10-12(3)4)11-13-7-8-16(18)15(9-13)17(20)21/h7-9,12,14,20-21H,5-6,10-11H2,1-4H3. The summed E-state index contributed by atoms with van der Waals surface area (Å²) in [5.74, 6) is -0.0272. The third kappa shape index (κ3) is 5.42. The fraction of sp³-hybridized carbons (Fsp3) is 0.625. The van der Waals surface area contributed by atoms with Gasteiger partial charge in [-0.25, -0.2) is 4.39 Å². The first-order valence-corrected chi connectivity index (χ1v) is 7.77. The highest BCUT2D eigenvalue weighted by Crippen LogP contribution is 2.16. The number of rotatable bonds is 8. The number of benzene rings is 1. The summed E-state index contributed by atoms with van der Waals surface area (Å²) in [6.07, 6.45) is 2.14. The normalized spacial score (nSPS) is 11.7. The van der Waals surface area contributed by atoms with Gasteiger partial charge in [-0.3, -0.25) is 4.90 Å². The van der Waals surface area contributed by atoms with Crippen LogP contribution in [0.4, 0.5) is 4.39 Å². The van der Waals surface area contributed by atoms with Gasteiger partial charge in [0.2, 0.25) is 0 Å². The van der Waals surface area contributed by atoms with Crippen LogP contribution < -0.4 is 5.46 Å². The maximum atomic E-state index is 13.5. The van der Waals surface area contributed by atoms with Gasteiger partial charge in [-0.15, -0.1) is 0 Å². The SMILES string of the molecule is CCC(CC)N(Cc1ccc(F)c(B(O)O)c1)CC(C)C. The molecule has 0 radical (unpaired) electrons. The van der Waals surface area contributed by atoms with Crippen molar-refractivity contribution in [3.63, 3.8) is 0 Å². The molecule has 3 nitrogen and oxygen atoms in total. The summed E-state index contributed by atoms with van der Waals surface area (Å²) in [5, 5.41) is 18.4. The summed E-state index contributed by atoms with van der Waals surface area (Å²) in [7, 11) is -1.77. The molecule has 0 unspecified atom stereocenters. The molecular formula is C16H27BFNO2. The minimum atomic E-state index is -1.77. The Kier molecular flexibility index (Phi) is 7.36. The van der Waals surface area contributed by atoms with Crippen LogP contribution in [0.25, 0.3) is 0 Å². The zero-order chi connectivity index (χ0) is 16.0. The van der Waals surface area contributed by atoms with E-state index < -0.39 is 12.9 Å². The molecule has 21 heavy (non-hydrogen) atoms. The minimum Gasteiger partial charge on any atom is -0.423 e. The van der Waals surface area contributed by atoms with Gasteiger partial charge in [-0.2, -0.15) is 0 Å². The highest BCUT2D eigenvalue weighted by Gasteiger charge is 2.20. The monoisotopic (exact) mass is 295 g/mol. The first-order chi connectivity index (χ1) is 9.88. The van der Waals surface area contributed by atoms with Crippen LogP contribution in [-0.4, -0.2) is 34.7 Å². The zero-order valence-corrected chi connectivity index (χ0v) is 13.5. The molecule has 0 aliphatic carbocycles. The molecule has 118 valence electrons. The molecule has 0 bridgehead atoms. The van der Waals surface area contributed by atoms with Gasteiger partial charge in [0.05, 0.1) is 0 Å². The summed E-state index contributed by atoms with van der Waals surface area (Å²) in [5.41, 5.74) is 0.855.